The summed E-state index contributed by atoms with van der Waals surface area (Å²) in [4.78, 5) is 11.1. The Hall–Kier alpha value is -0.830. The summed E-state index contributed by atoms with van der Waals surface area (Å²) in [6.07, 6.45) is 2.48. The zero-order chi connectivity index (χ0) is 8.10. The second kappa shape index (κ2) is 4.13. The van der Waals surface area contributed by atoms with Crippen LogP contribution in [0.2, 0.25) is 0 Å². The van der Waals surface area contributed by atoms with Crippen LogP contribution in [0.15, 0.2) is 12.7 Å². The zero-order valence-electron chi connectivity index (χ0n) is 6.51. The molecule has 0 spiro atoms. The van der Waals surface area contributed by atoms with Crippen LogP contribution in [0.1, 0.15) is 6.42 Å². The molecule has 1 aliphatic heterocycles. The average Bonchev–Trinajstić information content (AvgIpc) is 2.52. The Labute approximate surface area is 66.4 Å². The van der Waals surface area contributed by atoms with Gasteiger partial charge in [-0.1, -0.05) is 12.7 Å². The van der Waals surface area contributed by atoms with Crippen LogP contribution in [-0.2, 0) is 9.53 Å². The first-order valence-electron chi connectivity index (χ1n) is 3.83. The van der Waals surface area contributed by atoms with E-state index in [2.05, 4.69) is 11.9 Å². The van der Waals surface area contributed by atoms with E-state index < -0.39 is 0 Å². The quantitative estimate of drug-likeness (QED) is 0.471. The van der Waals surface area contributed by atoms with Crippen molar-refractivity contribution in [2.24, 2.45) is 5.92 Å². The number of carbonyl (C=O) groups is 1. The van der Waals surface area contributed by atoms with Crippen LogP contribution in [0.25, 0.3) is 0 Å². The molecule has 0 saturated carbocycles. The van der Waals surface area contributed by atoms with Crippen LogP contribution in [0.4, 0.5) is 0 Å². The molecule has 0 aliphatic carbocycles. The summed E-state index contributed by atoms with van der Waals surface area (Å²) >= 11 is 0. The van der Waals surface area contributed by atoms with E-state index in [1.54, 1.807) is 6.08 Å². The molecular weight excluding hydrogens is 142 g/mol. The molecule has 1 unspecified atom stereocenters. The van der Waals surface area contributed by atoms with Crippen LogP contribution >= 0.6 is 0 Å². The lowest BCUT2D eigenvalue weighted by Crippen LogP contribution is -2.20. The van der Waals surface area contributed by atoms with Crippen molar-refractivity contribution in [1.29, 1.82) is 0 Å². The SMILES string of the molecule is C=CCOC(=O)C1CCNC1. The minimum atomic E-state index is -0.102. The predicted octanol–water partition coefficient (Wildman–Crippen LogP) is 0.325. The molecule has 1 N–H and O–H groups in total. The molecule has 0 aromatic heterocycles. The Morgan fingerprint density at radius 3 is 3.18 bits per heavy atom. The highest BCUT2D eigenvalue weighted by Gasteiger charge is 2.23. The zero-order valence-corrected chi connectivity index (χ0v) is 6.51. The van der Waals surface area contributed by atoms with Gasteiger partial charge in [-0.2, -0.15) is 0 Å². The molecule has 1 fully saturated rings. The van der Waals surface area contributed by atoms with Gasteiger partial charge in [0.1, 0.15) is 6.61 Å². The van der Waals surface area contributed by atoms with Gasteiger partial charge in [-0.05, 0) is 13.0 Å². The summed E-state index contributed by atoms with van der Waals surface area (Å²) in [5, 5.41) is 3.10. The van der Waals surface area contributed by atoms with Gasteiger partial charge in [0.05, 0.1) is 5.92 Å². The summed E-state index contributed by atoms with van der Waals surface area (Å²) < 4.78 is 4.88. The third-order valence-electron chi connectivity index (χ3n) is 1.74. The smallest absolute Gasteiger partial charge is 0.310 e. The second-order valence-corrected chi connectivity index (χ2v) is 2.61. The number of hydrogen-bond acceptors (Lipinski definition) is 3. The van der Waals surface area contributed by atoms with E-state index in [0.717, 1.165) is 19.5 Å². The Bertz CT molecular complexity index is 150. The van der Waals surface area contributed by atoms with Crippen molar-refractivity contribution in [1.82, 2.24) is 5.32 Å². The lowest BCUT2D eigenvalue weighted by molar-refractivity contribution is -0.146. The van der Waals surface area contributed by atoms with Gasteiger partial charge in [-0.15, -0.1) is 0 Å². The molecule has 1 saturated heterocycles. The van der Waals surface area contributed by atoms with Gasteiger partial charge in [0.2, 0.25) is 0 Å². The molecule has 1 heterocycles. The van der Waals surface area contributed by atoms with E-state index in [0.29, 0.717) is 6.61 Å². The number of rotatable bonds is 3. The van der Waals surface area contributed by atoms with E-state index in [9.17, 15) is 4.79 Å². The number of esters is 1. The first-order valence-corrected chi connectivity index (χ1v) is 3.83. The van der Waals surface area contributed by atoms with Gasteiger partial charge in [0.15, 0.2) is 0 Å². The van der Waals surface area contributed by atoms with Crippen LogP contribution in [0.5, 0.6) is 0 Å². The van der Waals surface area contributed by atoms with E-state index in [-0.39, 0.29) is 11.9 Å². The minimum Gasteiger partial charge on any atom is -0.461 e. The lowest BCUT2D eigenvalue weighted by atomic mass is 10.1. The van der Waals surface area contributed by atoms with Crippen LogP contribution in [0.3, 0.4) is 0 Å². The van der Waals surface area contributed by atoms with Gasteiger partial charge in [-0.25, -0.2) is 0 Å². The van der Waals surface area contributed by atoms with Crippen LogP contribution in [-0.4, -0.2) is 25.7 Å². The Morgan fingerprint density at radius 2 is 2.64 bits per heavy atom. The minimum absolute atomic E-state index is 0.0648. The maximum absolute atomic E-state index is 11.1. The summed E-state index contributed by atoms with van der Waals surface area (Å²) in [5.41, 5.74) is 0. The number of hydrogen-bond donors (Lipinski definition) is 1. The Balaban J connectivity index is 2.22. The van der Waals surface area contributed by atoms with Crippen molar-refractivity contribution in [3.63, 3.8) is 0 Å². The fourth-order valence-electron chi connectivity index (χ4n) is 1.11. The van der Waals surface area contributed by atoms with Gasteiger partial charge in [0.25, 0.3) is 0 Å². The topological polar surface area (TPSA) is 38.3 Å². The maximum Gasteiger partial charge on any atom is 0.310 e. The standard InChI is InChI=1S/C8H13NO2/c1-2-5-11-8(10)7-3-4-9-6-7/h2,7,9H,1,3-6H2. The van der Waals surface area contributed by atoms with E-state index in [1.807, 2.05) is 0 Å². The number of ether oxygens (including phenoxy) is 1. The molecule has 0 bridgehead atoms. The molecule has 0 radical (unpaired) electrons. The highest BCUT2D eigenvalue weighted by molar-refractivity contribution is 5.73. The number of carbonyl (C=O) groups excluding carboxylic acids is 1. The summed E-state index contributed by atoms with van der Waals surface area (Å²) in [6.45, 7) is 5.48. The third kappa shape index (κ3) is 2.35. The maximum atomic E-state index is 11.1. The average molecular weight is 155 g/mol. The first-order chi connectivity index (χ1) is 5.34. The van der Waals surface area contributed by atoms with Crippen LogP contribution < -0.4 is 5.32 Å². The van der Waals surface area contributed by atoms with E-state index in [1.165, 1.54) is 0 Å². The Morgan fingerprint density at radius 1 is 1.82 bits per heavy atom. The highest BCUT2D eigenvalue weighted by atomic mass is 16.5. The summed E-state index contributed by atoms with van der Waals surface area (Å²) in [6, 6.07) is 0. The largest absolute Gasteiger partial charge is 0.461 e. The molecule has 62 valence electrons. The van der Waals surface area contributed by atoms with Crippen molar-refractivity contribution in [3.05, 3.63) is 12.7 Å². The van der Waals surface area contributed by atoms with Gasteiger partial charge >= 0.3 is 5.97 Å². The molecule has 0 aromatic rings. The fourth-order valence-corrected chi connectivity index (χ4v) is 1.11. The molecule has 1 aliphatic rings. The first kappa shape index (κ1) is 8.27. The summed E-state index contributed by atoms with van der Waals surface area (Å²) in [7, 11) is 0. The second-order valence-electron chi connectivity index (χ2n) is 2.61. The molecule has 1 atom stereocenters. The van der Waals surface area contributed by atoms with Crippen molar-refractivity contribution in [2.45, 2.75) is 6.42 Å². The normalized spacial score (nSPS) is 23.1. The summed E-state index contributed by atoms with van der Waals surface area (Å²) in [5.74, 6) is -0.0372. The highest BCUT2D eigenvalue weighted by Crippen LogP contribution is 2.08. The molecule has 0 amide bonds. The lowest BCUT2D eigenvalue weighted by Gasteiger charge is -2.06. The predicted molar refractivity (Wildman–Crippen MR) is 42.1 cm³/mol. The van der Waals surface area contributed by atoms with Gasteiger partial charge in [0, 0.05) is 6.54 Å². The van der Waals surface area contributed by atoms with Crippen molar-refractivity contribution < 1.29 is 9.53 Å². The third-order valence-corrected chi connectivity index (χ3v) is 1.74. The van der Waals surface area contributed by atoms with Crippen molar-refractivity contribution >= 4 is 5.97 Å². The molecular formula is C8H13NO2. The molecule has 3 heteroatoms. The van der Waals surface area contributed by atoms with E-state index >= 15 is 0 Å². The van der Waals surface area contributed by atoms with E-state index in [4.69, 9.17) is 4.74 Å². The molecule has 11 heavy (non-hydrogen) atoms. The van der Waals surface area contributed by atoms with Crippen LogP contribution in [0, 0.1) is 5.92 Å². The van der Waals surface area contributed by atoms with Gasteiger partial charge in [-0.3, -0.25) is 4.79 Å². The molecule has 1 rings (SSSR count). The Kier molecular flexibility index (Phi) is 3.11. The number of nitrogens with one attached hydrogen (secondary N) is 1. The molecule has 3 nitrogen and oxygen atoms in total. The monoisotopic (exact) mass is 155 g/mol. The van der Waals surface area contributed by atoms with Gasteiger partial charge < -0.3 is 10.1 Å². The van der Waals surface area contributed by atoms with Crippen molar-refractivity contribution in [3.8, 4) is 0 Å². The van der Waals surface area contributed by atoms with Crippen molar-refractivity contribution in [2.75, 3.05) is 19.7 Å². The fraction of sp³-hybridized carbons (Fsp3) is 0.625. The molecule has 0 aromatic carbocycles.